The van der Waals surface area contributed by atoms with E-state index in [4.69, 9.17) is 4.74 Å². The van der Waals surface area contributed by atoms with Crippen molar-refractivity contribution >= 4 is 6.29 Å². The van der Waals surface area contributed by atoms with Gasteiger partial charge in [0, 0.05) is 5.92 Å². The molecule has 0 radical (unpaired) electrons. The molecule has 0 N–H and O–H groups in total. The average Bonchev–Trinajstić information content (AvgIpc) is 2.99. The van der Waals surface area contributed by atoms with Crippen molar-refractivity contribution in [3.8, 4) is 0 Å². The summed E-state index contributed by atoms with van der Waals surface area (Å²) >= 11 is 0. The molecule has 2 nitrogen and oxygen atoms in total. The predicted molar refractivity (Wildman–Crippen MR) is 49.6 cm³/mol. The molecule has 0 bridgehead atoms. The van der Waals surface area contributed by atoms with Gasteiger partial charge in [-0.1, -0.05) is 37.3 Å². The molecule has 1 saturated heterocycles. The van der Waals surface area contributed by atoms with Gasteiger partial charge >= 0.3 is 0 Å². The first-order chi connectivity index (χ1) is 6.28. The number of aldehydes is 1. The first kappa shape index (κ1) is 8.45. The average molecular weight is 176 g/mol. The molecule has 2 rings (SSSR count). The molecule has 0 spiro atoms. The van der Waals surface area contributed by atoms with Crippen LogP contribution < -0.4 is 0 Å². The smallest absolute Gasteiger partial charge is 0.154 e. The van der Waals surface area contributed by atoms with E-state index in [1.165, 1.54) is 0 Å². The van der Waals surface area contributed by atoms with Crippen molar-refractivity contribution in [2.75, 3.05) is 6.61 Å². The first-order valence-corrected chi connectivity index (χ1v) is 4.44. The van der Waals surface area contributed by atoms with E-state index >= 15 is 0 Å². The highest BCUT2D eigenvalue weighted by molar-refractivity contribution is 5.68. The molecule has 1 aliphatic heterocycles. The summed E-state index contributed by atoms with van der Waals surface area (Å²) in [6.45, 7) is 2.59. The van der Waals surface area contributed by atoms with E-state index < -0.39 is 5.60 Å². The molecule has 0 aliphatic carbocycles. The van der Waals surface area contributed by atoms with Crippen LogP contribution in [-0.4, -0.2) is 18.5 Å². The summed E-state index contributed by atoms with van der Waals surface area (Å²) in [6.07, 6.45) is 0.921. The van der Waals surface area contributed by atoms with Gasteiger partial charge in [0.05, 0.1) is 6.61 Å². The molecule has 2 heteroatoms. The zero-order chi connectivity index (χ0) is 9.31. The second-order valence-corrected chi connectivity index (χ2v) is 3.49. The van der Waals surface area contributed by atoms with Gasteiger partial charge in [-0.3, -0.25) is 0 Å². The number of hydrogen-bond acceptors (Lipinski definition) is 2. The maximum Gasteiger partial charge on any atom is 0.154 e. The van der Waals surface area contributed by atoms with Crippen LogP contribution in [0.1, 0.15) is 18.4 Å². The molecule has 0 saturated carbocycles. The lowest BCUT2D eigenvalue weighted by Crippen LogP contribution is -2.21. The number of benzene rings is 1. The third-order valence-corrected chi connectivity index (χ3v) is 2.71. The molecule has 0 aromatic heterocycles. The van der Waals surface area contributed by atoms with Crippen LogP contribution in [0.4, 0.5) is 0 Å². The zero-order valence-electron chi connectivity index (χ0n) is 7.57. The minimum absolute atomic E-state index is 0.159. The van der Waals surface area contributed by atoms with Crippen LogP contribution in [0.5, 0.6) is 0 Å². The Balaban J connectivity index is 2.23. The number of hydrogen-bond donors (Lipinski definition) is 0. The van der Waals surface area contributed by atoms with Crippen molar-refractivity contribution in [2.45, 2.75) is 18.4 Å². The van der Waals surface area contributed by atoms with E-state index in [1.54, 1.807) is 0 Å². The molecular weight excluding hydrogens is 164 g/mol. The maximum atomic E-state index is 10.8. The number of epoxide rings is 1. The summed E-state index contributed by atoms with van der Waals surface area (Å²) in [4.78, 5) is 10.8. The van der Waals surface area contributed by atoms with Crippen molar-refractivity contribution in [1.82, 2.24) is 0 Å². The lowest BCUT2D eigenvalue weighted by atomic mass is 9.89. The van der Waals surface area contributed by atoms with E-state index in [0.717, 1.165) is 11.8 Å². The molecule has 68 valence electrons. The quantitative estimate of drug-likeness (QED) is 0.518. The minimum atomic E-state index is -0.526. The Morgan fingerprint density at radius 2 is 2.08 bits per heavy atom. The van der Waals surface area contributed by atoms with Gasteiger partial charge in [-0.05, 0) is 5.56 Å². The molecule has 1 aromatic carbocycles. The van der Waals surface area contributed by atoms with E-state index in [9.17, 15) is 4.79 Å². The van der Waals surface area contributed by atoms with Gasteiger partial charge in [0.1, 0.15) is 0 Å². The summed E-state index contributed by atoms with van der Waals surface area (Å²) < 4.78 is 5.19. The van der Waals surface area contributed by atoms with Gasteiger partial charge in [0.15, 0.2) is 11.9 Å². The third-order valence-electron chi connectivity index (χ3n) is 2.71. The maximum absolute atomic E-state index is 10.8. The van der Waals surface area contributed by atoms with Gasteiger partial charge < -0.3 is 9.53 Å². The Morgan fingerprint density at radius 1 is 1.46 bits per heavy atom. The van der Waals surface area contributed by atoms with Crippen molar-refractivity contribution < 1.29 is 9.53 Å². The van der Waals surface area contributed by atoms with Crippen molar-refractivity contribution in [2.24, 2.45) is 0 Å². The van der Waals surface area contributed by atoms with Gasteiger partial charge in [0.25, 0.3) is 0 Å². The second-order valence-electron chi connectivity index (χ2n) is 3.49. The highest BCUT2D eigenvalue weighted by Crippen LogP contribution is 2.39. The number of rotatable bonds is 3. The van der Waals surface area contributed by atoms with Gasteiger partial charge in [-0.25, -0.2) is 0 Å². The first-order valence-electron chi connectivity index (χ1n) is 4.44. The van der Waals surface area contributed by atoms with E-state index in [0.29, 0.717) is 6.61 Å². The lowest BCUT2D eigenvalue weighted by molar-refractivity contribution is -0.112. The fraction of sp³-hybridized carbons (Fsp3) is 0.364. The van der Waals surface area contributed by atoms with Gasteiger partial charge in [0.2, 0.25) is 0 Å². The van der Waals surface area contributed by atoms with Crippen LogP contribution in [0.2, 0.25) is 0 Å². The summed E-state index contributed by atoms with van der Waals surface area (Å²) in [7, 11) is 0. The Bertz CT molecular complexity index is 301. The summed E-state index contributed by atoms with van der Waals surface area (Å²) in [5.41, 5.74) is 0.633. The minimum Gasteiger partial charge on any atom is -0.361 e. The zero-order valence-corrected chi connectivity index (χ0v) is 7.57. The van der Waals surface area contributed by atoms with Crippen LogP contribution in [-0.2, 0) is 9.53 Å². The summed E-state index contributed by atoms with van der Waals surface area (Å²) in [6, 6.07) is 9.98. The highest BCUT2D eigenvalue weighted by Gasteiger charge is 2.50. The predicted octanol–water partition coefficient (Wildman–Crippen LogP) is 1.76. The molecule has 0 unspecified atom stereocenters. The molecule has 1 fully saturated rings. The Kier molecular flexibility index (Phi) is 1.93. The molecule has 2 atom stereocenters. The molecule has 1 heterocycles. The number of ether oxygens (including phenoxy) is 1. The summed E-state index contributed by atoms with van der Waals surface area (Å²) in [5, 5.41) is 0. The van der Waals surface area contributed by atoms with Crippen molar-refractivity contribution in [3.05, 3.63) is 35.9 Å². The van der Waals surface area contributed by atoms with E-state index in [-0.39, 0.29) is 5.92 Å². The number of carbonyl (C=O) groups excluding carboxylic acids is 1. The Morgan fingerprint density at radius 3 is 2.54 bits per heavy atom. The molecule has 13 heavy (non-hydrogen) atoms. The molecule has 0 amide bonds. The number of carbonyl (C=O) groups is 1. The third kappa shape index (κ3) is 1.38. The SMILES string of the molecule is C[C@H](c1ccccc1)[C@@]1(C=O)CO1. The topological polar surface area (TPSA) is 29.6 Å². The monoisotopic (exact) mass is 176 g/mol. The van der Waals surface area contributed by atoms with Crippen LogP contribution >= 0.6 is 0 Å². The van der Waals surface area contributed by atoms with Crippen LogP contribution in [0.25, 0.3) is 0 Å². The van der Waals surface area contributed by atoms with E-state index in [1.807, 2.05) is 37.3 Å². The van der Waals surface area contributed by atoms with Crippen LogP contribution in [0, 0.1) is 0 Å². The normalized spacial score (nSPS) is 28.1. The molecule has 1 aromatic rings. The standard InChI is InChI=1S/C11H12O2/c1-9(11(7-12)8-13-11)10-5-3-2-4-6-10/h2-7,9H,8H2,1H3/t9-,11-/m1/s1. The van der Waals surface area contributed by atoms with Gasteiger partial charge in [-0.2, -0.15) is 0 Å². The van der Waals surface area contributed by atoms with Crippen molar-refractivity contribution in [3.63, 3.8) is 0 Å². The highest BCUT2D eigenvalue weighted by atomic mass is 16.6. The van der Waals surface area contributed by atoms with E-state index in [2.05, 4.69) is 0 Å². The molecular formula is C11H12O2. The van der Waals surface area contributed by atoms with Crippen LogP contribution in [0.15, 0.2) is 30.3 Å². The second kappa shape index (κ2) is 2.96. The Hall–Kier alpha value is -1.15. The molecule has 1 aliphatic rings. The van der Waals surface area contributed by atoms with Crippen LogP contribution in [0.3, 0.4) is 0 Å². The van der Waals surface area contributed by atoms with Gasteiger partial charge in [-0.15, -0.1) is 0 Å². The van der Waals surface area contributed by atoms with Crippen molar-refractivity contribution in [1.29, 1.82) is 0 Å². The summed E-state index contributed by atoms with van der Waals surface area (Å²) in [5.74, 6) is 0.159. The Labute approximate surface area is 77.5 Å². The fourth-order valence-corrected chi connectivity index (χ4v) is 1.53. The lowest BCUT2D eigenvalue weighted by Gasteiger charge is -2.14. The largest absolute Gasteiger partial charge is 0.361 e. The fourth-order valence-electron chi connectivity index (χ4n) is 1.53.